The molecule has 0 spiro atoms. The molecule has 0 atom stereocenters. The second kappa shape index (κ2) is 9.91. The molecule has 2 N–H and O–H groups in total. The molecule has 1 aromatic heterocycles. The smallest absolute Gasteiger partial charge is 0.336 e. The molecular formula is C34H30O5. The number of phenolic OH excluding ortho intramolecular Hbond substituents is 1. The third-order valence-electron chi connectivity index (χ3n) is 6.85. The van der Waals surface area contributed by atoms with Crippen molar-refractivity contribution in [2.45, 2.75) is 34.1 Å². The monoisotopic (exact) mass is 518 g/mol. The molecule has 0 aliphatic carbocycles. The van der Waals surface area contributed by atoms with Crippen molar-refractivity contribution in [2.24, 2.45) is 5.41 Å². The minimum atomic E-state index is -1.03. The van der Waals surface area contributed by atoms with Crippen LogP contribution in [0.2, 0.25) is 0 Å². The molecule has 0 saturated heterocycles. The first-order valence-electron chi connectivity index (χ1n) is 12.9. The lowest BCUT2D eigenvalue weighted by molar-refractivity contribution is -0.132. The van der Waals surface area contributed by atoms with E-state index in [0.717, 1.165) is 44.3 Å². The Hall–Kier alpha value is -4.64. The maximum absolute atomic E-state index is 12.6. The molecule has 5 aromatic rings. The van der Waals surface area contributed by atoms with Gasteiger partial charge < -0.3 is 14.6 Å². The van der Waals surface area contributed by atoms with E-state index in [1.807, 2.05) is 43.3 Å². The second-order valence-corrected chi connectivity index (χ2v) is 10.9. The largest absolute Gasteiger partial charge is 0.508 e. The number of allylic oxidation sites excluding steroid dienone is 4. The van der Waals surface area contributed by atoms with Crippen molar-refractivity contribution in [1.29, 1.82) is 0 Å². The lowest BCUT2D eigenvalue weighted by Crippen LogP contribution is -2.05. The predicted octanol–water partition coefficient (Wildman–Crippen LogP) is 8.36. The standard InChI is InChI=1S/C34H30O5/c1-5-24(27(33(37)38)8-6-7-17-34(2,3)4)30-28-13-9-20-18-22(35)11-15-25(20)31(28)39-32-26-16-12-23(36)19-21(26)10-14-29(30)32/h5-16,18-19,35H,17H2,1-4H3,(H,37,38)/b7-6-,24-5+,27-8+. The summed E-state index contributed by atoms with van der Waals surface area (Å²) in [6.45, 7) is 8.22. The molecule has 196 valence electrons. The number of carboxylic acid groups (broad SMARTS) is 1. The number of benzene rings is 4. The summed E-state index contributed by atoms with van der Waals surface area (Å²) < 4.78 is 6.57. The fourth-order valence-corrected chi connectivity index (χ4v) is 5.02. The SMILES string of the molecule is C\C=C(/C(=C\C=C/CC(C)(C)C)C(=O)O)c1c2ccc3cc(O)ccc3c2oc2c1ccc1cc(=O)ccc12. The quantitative estimate of drug-likeness (QED) is 0.106. The summed E-state index contributed by atoms with van der Waals surface area (Å²) in [5.41, 5.74) is 2.57. The Kier molecular flexibility index (Phi) is 6.61. The van der Waals surface area contributed by atoms with Crippen molar-refractivity contribution in [3.05, 3.63) is 106 Å². The Morgan fingerprint density at radius 2 is 1.46 bits per heavy atom. The number of hydrogen-bond acceptors (Lipinski definition) is 4. The van der Waals surface area contributed by atoms with Gasteiger partial charge in [0, 0.05) is 27.1 Å². The van der Waals surface area contributed by atoms with Crippen LogP contribution in [0.5, 0.6) is 5.75 Å². The first-order chi connectivity index (χ1) is 18.6. The Morgan fingerprint density at radius 3 is 2.05 bits per heavy atom. The lowest BCUT2D eigenvalue weighted by Gasteiger charge is -2.17. The molecule has 5 rings (SSSR count). The van der Waals surface area contributed by atoms with E-state index in [1.54, 1.807) is 42.5 Å². The van der Waals surface area contributed by atoms with Crippen LogP contribution in [0.1, 0.15) is 39.7 Å². The van der Waals surface area contributed by atoms with Crippen LogP contribution in [0.4, 0.5) is 0 Å². The van der Waals surface area contributed by atoms with E-state index in [4.69, 9.17) is 4.42 Å². The molecule has 39 heavy (non-hydrogen) atoms. The predicted molar refractivity (Wildman–Crippen MR) is 159 cm³/mol. The first kappa shape index (κ1) is 26.0. The van der Waals surface area contributed by atoms with E-state index in [1.165, 1.54) is 6.07 Å². The maximum Gasteiger partial charge on any atom is 0.336 e. The van der Waals surface area contributed by atoms with Gasteiger partial charge in [0.1, 0.15) is 16.9 Å². The molecule has 0 aliphatic rings. The van der Waals surface area contributed by atoms with Crippen LogP contribution in [0.3, 0.4) is 0 Å². The summed E-state index contributed by atoms with van der Waals surface area (Å²) in [6.07, 6.45) is 8.07. The number of rotatable bonds is 5. The van der Waals surface area contributed by atoms with E-state index in [-0.39, 0.29) is 22.2 Å². The number of carboxylic acids is 1. The van der Waals surface area contributed by atoms with E-state index in [2.05, 4.69) is 20.8 Å². The van der Waals surface area contributed by atoms with Crippen LogP contribution in [0.15, 0.2) is 99.8 Å². The van der Waals surface area contributed by atoms with Gasteiger partial charge in [-0.25, -0.2) is 4.79 Å². The Morgan fingerprint density at radius 1 is 0.872 bits per heavy atom. The zero-order chi connectivity index (χ0) is 27.9. The number of aromatic hydroxyl groups is 1. The molecule has 5 nitrogen and oxygen atoms in total. The zero-order valence-electron chi connectivity index (χ0n) is 22.4. The molecule has 4 aromatic carbocycles. The van der Waals surface area contributed by atoms with E-state index < -0.39 is 5.97 Å². The Labute approximate surface area is 226 Å². The van der Waals surface area contributed by atoms with E-state index in [0.29, 0.717) is 16.7 Å². The van der Waals surface area contributed by atoms with Crippen molar-refractivity contribution in [1.82, 2.24) is 0 Å². The Bertz CT molecular complexity index is 1930. The van der Waals surface area contributed by atoms with Gasteiger partial charge in [-0.3, -0.25) is 4.79 Å². The number of hydrogen-bond donors (Lipinski definition) is 2. The summed E-state index contributed by atoms with van der Waals surface area (Å²) in [6, 6.07) is 17.4. The summed E-state index contributed by atoms with van der Waals surface area (Å²) in [5.74, 6) is -0.892. The van der Waals surface area contributed by atoms with Crippen LogP contribution >= 0.6 is 0 Å². The number of aliphatic carboxylic acids is 1. The van der Waals surface area contributed by atoms with E-state index in [9.17, 15) is 19.8 Å². The average Bonchev–Trinajstić information content (AvgIpc) is 2.88. The Balaban J connectivity index is 1.89. The fourth-order valence-electron chi connectivity index (χ4n) is 5.02. The van der Waals surface area contributed by atoms with Crippen LogP contribution in [0, 0.1) is 5.41 Å². The molecule has 0 saturated carbocycles. The van der Waals surface area contributed by atoms with E-state index >= 15 is 0 Å². The second-order valence-electron chi connectivity index (χ2n) is 10.9. The van der Waals surface area contributed by atoms with Gasteiger partial charge in [-0.1, -0.05) is 51.1 Å². The van der Waals surface area contributed by atoms with Crippen molar-refractivity contribution >= 4 is 55.0 Å². The lowest BCUT2D eigenvalue weighted by atomic mass is 9.89. The highest BCUT2D eigenvalue weighted by molar-refractivity contribution is 6.21. The summed E-state index contributed by atoms with van der Waals surface area (Å²) in [7, 11) is 0. The molecule has 5 heteroatoms. The van der Waals surface area contributed by atoms with Crippen molar-refractivity contribution in [3.8, 4) is 5.75 Å². The fraction of sp³-hybridized carbons (Fsp3) is 0.176. The third kappa shape index (κ3) is 4.96. The van der Waals surface area contributed by atoms with Gasteiger partial charge in [-0.2, -0.15) is 0 Å². The van der Waals surface area contributed by atoms with Crippen LogP contribution in [-0.2, 0) is 4.79 Å². The molecule has 0 amide bonds. The van der Waals surface area contributed by atoms with Crippen LogP contribution in [-0.4, -0.2) is 16.2 Å². The number of phenols is 1. The van der Waals surface area contributed by atoms with Gasteiger partial charge in [0.25, 0.3) is 0 Å². The minimum Gasteiger partial charge on any atom is -0.508 e. The molecule has 0 bridgehead atoms. The topological polar surface area (TPSA) is 87.7 Å². The number of carbonyl (C=O) groups is 1. The molecule has 0 radical (unpaired) electrons. The molecule has 0 unspecified atom stereocenters. The van der Waals surface area contributed by atoms with Gasteiger partial charge in [0.15, 0.2) is 5.43 Å². The average molecular weight is 519 g/mol. The molecular weight excluding hydrogens is 488 g/mol. The summed E-state index contributed by atoms with van der Waals surface area (Å²) >= 11 is 0. The third-order valence-corrected chi connectivity index (χ3v) is 6.85. The summed E-state index contributed by atoms with van der Waals surface area (Å²) in [4.78, 5) is 24.7. The number of fused-ring (bicyclic) bond motifs is 6. The molecule has 0 fully saturated rings. The van der Waals surface area contributed by atoms with Crippen molar-refractivity contribution < 1.29 is 19.4 Å². The minimum absolute atomic E-state index is 0.0883. The van der Waals surface area contributed by atoms with Crippen LogP contribution in [0.25, 0.3) is 49.1 Å². The molecule has 1 heterocycles. The highest BCUT2D eigenvalue weighted by Crippen LogP contribution is 2.41. The van der Waals surface area contributed by atoms with Crippen molar-refractivity contribution in [2.75, 3.05) is 0 Å². The zero-order valence-corrected chi connectivity index (χ0v) is 22.4. The molecule has 0 aliphatic heterocycles. The van der Waals surface area contributed by atoms with Gasteiger partial charge in [-0.05, 0) is 89.7 Å². The van der Waals surface area contributed by atoms with Gasteiger partial charge in [0.05, 0.1) is 5.57 Å². The highest BCUT2D eigenvalue weighted by atomic mass is 16.4. The summed E-state index contributed by atoms with van der Waals surface area (Å²) in [5, 5.41) is 24.9. The van der Waals surface area contributed by atoms with Gasteiger partial charge in [-0.15, -0.1) is 0 Å². The van der Waals surface area contributed by atoms with Crippen LogP contribution < -0.4 is 5.43 Å². The van der Waals surface area contributed by atoms with Gasteiger partial charge >= 0.3 is 5.97 Å². The van der Waals surface area contributed by atoms with Crippen molar-refractivity contribution in [3.63, 3.8) is 0 Å². The highest BCUT2D eigenvalue weighted by Gasteiger charge is 2.22. The first-order valence-corrected chi connectivity index (χ1v) is 12.9. The maximum atomic E-state index is 12.6. The van der Waals surface area contributed by atoms with Gasteiger partial charge in [0.2, 0.25) is 0 Å². The normalized spacial score (nSPS) is 13.3.